The van der Waals surface area contributed by atoms with E-state index in [1.54, 1.807) is 0 Å². The number of nitrogens with zero attached hydrogens (tertiary/aromatic N) is 3. The Balaban J connectivity index is 1.99. The van der Waals surface area contributed by atoms with Gasteiger partial charge in [-0.15, -0.1) is 0 Å². The standard InChI is InChI=1S/C20H18N4/c1-13-17-12-22-18(14-8-4-3-5-9-14)15-10-6-7-11-16(15)19(17)24-20(21-2)23-13/h3-11H,12H2,1-2H3,(H,21,23,24). The maximum atomic E-state index is 4.91. The number of aliphatic imine (C=N–C) groups is 1. The van der Waals surface area contributed by atoms with Crippen LogP contribution in [0.25, 0.3) is 11.3 Å². The Bertz CT molecular complexity index is 930. The predicted octanol–water partition coefficient (Wildman–Crippen LogP) is 3.84. The zero-order valence-electron chi connectivity index (χ0n) is 13.7. The lowest BCUT2D eigenvalue weighted by atomic mass is 9.95. The fourth-order valence-corrected chi connectivity index (χ4v) is 3.10. The predicted molar refractivity (Wildman–Crippen MR) is 97.5 cm³/mol. The Morgan fingerprint density at radius 1 is 0.875 bits per heavy atom. The zero-order valence-corrected chi connectivity index (χ0v) is 13.7. The van der Waals surface area contributed by atoms with Crippen molar-refractivity contribution in [2.75, 3.05) is 12.4 Å². The van der Waals surface area contributed by atoms with E-state index in [4.69, 9.17) is 9.98 Å². The molecule has 118 valence electrons. The molecular weight excluding hydrogens is 296 g/mol. The molecule has 24 heavy (non-hydrogen) atoms. The molecule has 0 spiro atoms. The summed E-state index contributed by atoms with van der Waals surface area (Å²) in [6.45, 7) is 2.61. The van der Waals surface area contributed by atoms with Crippen LogP contribution < -0.4 is 5.32 Å². The highest BCUT2D eigenvalue weighted by atomic mass is 15.1. The molecular formula is C20H18N4. The average molecular weight is 314 g/mol. The number of hydrogen-bond acceptors (Lipinski definition) is 4. The third kappa shape index (κ3) is 2.36. The van der Waals surface area contributed by atoms with Gasteiger partial charge >= 0.3 is 0 Å². The fourth-order valence-electron chi connectivity index (χ4n) is 3.10. The monoisotopic (exact) mass is 314 g/mol. The van der Waals surface area contributed by atoms with Gasteiger partial charge in [0.25, 0.3) is 0 Å². The molecule has 0 radical (unpaired) electrons. The van der Waals surface area contributed by atoms with Gasteiger partial charge in [-0.1, -0.05) is 54.6 Å². The van der Waals surface area contributed by atoms with E-state index < -0.39 is 0 Å². The topological polar surface area (TPSA) is 50.2 Å². The minimum absolute atomic E-state index is 0.587. The molecule has 0 atom stereocenters. The SMILES string of the molecule is CNc1nc(C)c2c(n1)-c1ccccc1C(c1ccccc1)=NC2. The molecule has 0 amide bonds. The molecule has 1 aromatic heterocycles. The normalized spacial score (nSPS) is 12.7. The zero-order chi connectivity index (χ0) is 16.5. The van der Waals surface area contributed by atoms with Crippen LogP contribution in [0.4, 0.5) is 5.95 Å². The van der Waals surface area contributed by atoms with Gasteiger partial charge < -0.3 is 5.32 Å². The van der Waals surface area contributed by atoms with Gasteiger partial charge in [0.2, 0.25) is 5.95 Å². The van der Waals surface area contributed by atoms with Crippen LogP contribution in [-0.4, -0.2) is 22.7 Å². The van der Waals surface area contributed by atoms with Gasteiger partial charge in [0.05, 0.1) is 18.0 Å². The minimum Gasteiger partial charge on any atom is -0.357 e. The summed E-state index contributed by atoms with van der Waals surface area (Å²) in [5, 5.41) is 3.05. The first-order valence-corrected chi connectivity index (χ1v) is 8.03. The Hall–Kier alpha value is -3.01. The minimum atomic E-state index is 0.587. The van der Waals surface area contributed by atoms with E-state index in [-0.39, 0.29) is 0 Å². The number of aromatic nitrogens is 2. The smallest absolute Gasteiger partial charge is 0.223 e. The van der Waals surface area contributed by atoms with Crippen molar-refractivity contribution in [1.82, 2.24) is 9.97 Å². The fraction of sp³-hybridized carbons (Fsp3) is 0.150. The summed E-state index contributed by atoms with van der Waals surface area (Å²) in [4.78, 5) is 14.2. The van der Waals surface area contributed by atoms with Gasteiger partial charge in [-0.2, -0.15) is 0 Å². The third-order valence-electron chi connectivity index (χ3n) is 4.32. The maximum absolute atomic E-state index is 4.91. The quantitative estimate of drug-likeness (QED) is 0.782. The first-order chi connectivity index (χ1) is 11.8. The van der Waals surface area contributed by atoms with Gasteiger partial charge in [-0.05, 0) is 6.92 Å². The van der Waals surface area contributed by atoms with Gasteiger partial charge in [0.15, 0.2) is 0 Å². The Kier molecular flexibility index (Phi) is 3.58. The summed E-state index contributed by atoms with van der Waals surface area (Å²) < 4.78 is 0. The molecule has 0 aliphatic carbocycles. The van der Waals surface area contributed by atoms with Crippen LogP contribution in [0.1, 0.15) is 22.4 Å². The summed E-state index contributed by atoms with van der Waals surface area (Å²) in [7, 11) is 1.84. The molecule has 0 fully saturated rings. The van der Waals surface area contributed by atoms with E-state index in [0.29, 0.717) is 12.5 Å². The second-order valence-electron chi connectivity index (χ2n) is 5.79. The Labute approximate surface area is 141 Å². The second-order valence-corrected chi connectivity index (χ2v) is 5.79. The molecule has 4 nitrogen and oxygen atoms in total. The molecule has 1 aliphatic rings. The number of rotatable bonds is 2. The number of nitrogens with one attached hydrogen (secondary N) is 1. The summed E-state index contributed by atoms with van der Waals surface area (Å²) in [6, 6.07) is 18.6. The molecule has 2 heterocycles. The second kappa shape index (κ2) is 5.89. The molecule has 1 aliphatic heterocycles. The van der Waals surface area contributed by atoms with E-state index in [1.807, 2.05) is 38.2 Å². The highest BCUT2D eigenvalue weighted by molar-refractivity contribution is 6.16. The number of aryl methyl sites for hydroxylation is 1. The van der Waals surface area contributed by atoms with Gasteiger partial charge in [-0.25, -0.2) is 9.97 Å². The first-order valence-electron chi connectivity index (χ1n) is 8.03. The number of hydrogen-bond donors (Lipinski definition) is 1. The van der Waals surface area contributed by atoms with Crippen molar-refractivity contribution in [3.8, 4) is 11.3 Å². The van der Waals surface area contributed by atoms with E-state index in [0.717, 1.165) is 39.4 Å². The lowest BCUT2D eigenvalue weighted by Crippen LogP contribution is -2.05. The summed E-state index contributed by atoms with van der Waals surface area (Å²) in [6.07, 6.45) is 0. The van der Waals surface area contributed by atoms with E-state index in [9.17, 15) is 0 Å². The molecule has 0 saturated heterocycles. The average Bonchev–Trinajstić information content (AvgIpc) is 2.80. The van der Waals surface area contributed by atoms with E-state index in [1.165, 1.54) is 0 Å². The van der Waals surface area contributed by atoms with Crippen LogP contribution in [0.5, 0.6) is 0 Å². The van der Waals surface area contributed by atoms with Gasteiger partial charge in [-0.3, -0.25) is 4.99 Å². The summed E-state index contributed by atoms with van der Waals surface area (Å²) >= 11 is 0. The Morgan fingerprint density at radius 2 is 1.58 bits per heavy atom. The Morgan fingerprint density at radius 3 is 2.33 bits per heavy atom. The maximum Gasteiger partial charge on any atom is 0.223 e. The van der Waals surface area contributed by atoms with Crippen LogP contribution >= 0.6 is 0 Å². The molecule has 4 heteroatoms. The molecule has 1 N–H and O–H groups in total. The molecule has 0 saturated carbocycles. The number of benzene rings is 2. The highest BCUT2D eigenvalue weighted by Gasteiger charge is 2.21. The van der Waals surface area contributed by atoms with Crippen molar-refractivity contribution < 1.29 is 0 Å². The van der Waals surface area contributed by atoms with Crippen molar-refractivity contribution in [3.63, 3.8) is 0 Å². The van der Waals surface area contributed by atoms with Gasteiger partial charge in [0, 0.05) is 35.0 Å². The first kappa shape index (κ1) is 14.6. The van der Waals surface area contributed by atoms with Crippen molar-refractivity contribution in [1.29, 1.82) is 0 Å². The molecule has 4 rings (SSSR count). The largest absolute Gasteiger partial charge is 0.357 e. The lowest BCUT2D eigenvalue weighted by Gasteiger charge is -2.12. The van der Waals surface area contributed by atoms with Crippen molar-refractivity contribution in [2.24, 2.45) is 4.99 Å². The van der Waals surface area contributed by atoms with Crippen molar-refractivity contribution in [3.05, 3.63) is 77.0 Å². The molecule has 3 aromatic rings. The number of anilines is 1. The van der Waals surface area contributed by atoms with Crippen LogP contribution in [0.15, 0.2) is 59.6 Å². The van der Waals surface area contributed by atoms with Crippen LogP contribution in [0.3, 0.4) is 0 Å². The van der Waals surface area contributed by atoms with Crippen molar-refractivity contribution >= 4 is 11.7 Å². The third-order valence-corrected chi connectivity index (χ3v) is 4.32. The molecule has 0 bridgehead atoms. The van der Waals surface area contributed by atoms with E-state index in [2.05, 4.69) is 40.6 Å². The van der Waals surface area contributed by atoms with Gasteiger partial charge in [0.1, 0.15) is 0 Å². The van der Waals surface area contributed by atoms with Crippen LogP contribution in [-0.2, 0) is 6.54 Å². The molecule has 2 aromatic carbocycles. The molecule has 0 unspecified atom stereocenters. The summed E-state index contributed by atoms with van der Waals surface area (Å²) in [5.74, 6) is 0.643. The summed E-state index contributed by atoms with van der Waals surface area (Å²) in [5.41, 5.74) is 7.38. The van der Waals surface area contributed by atoms with Crippen molar-refractivity contribution in [2.45, 2.75) is 13.5 Å². The number of fused-ring (bicyclic) bond motifs is 3. The van der Waals surface area contributed by atoms with Crippen LogP contribution in [0.2, 0.25) is 0 Å². The van der Waals surface area contributed by atoms with Crippen LogP contribution in [0, 0.1) is 6.92 Å². The lowest BCUT2D eigenvalue weighted by molar-refractivity contribution is 0.981. The van der Waals surface area contributed by atoms with E-state index >= 15 is 0 Å². The highest BCUT2D eigenvalue weighted by Crippen LogP contribution is 2.32.